The van der Waals surface area contributed by atoms with Gasteiger partial charge in [0.25, 0.3) is 17.5 Å². The quantitative estimate of drug-likeness (QED) is 0.309. The SMILES string of the molecule is Cc1ccccc1N(C(=O)CN1C(=O)COc2ccc([N+](=O)[O-])cc21)c1nc2ccccc2s1. The van der Waals surface area contributed by atoms with E-state index in [1.165, 1.54) is 39.3 Å². The first kappa shape index (κ1) is 21.5. The molecule has 34 heavy (non-hydrogen) atoms. The van der Waals surface area contributed by atoms with Gasteiger partial charge in [0.1, 0.15) is 12.3 Å². The van der Waals surface area contributed by atoms with Gasteiger partial charge in [0.05, 0.1) is 26.5 Å². The summed E-state index contributed by atoms with van der Waals surface area (Å²) in [5.74, 6) is -0.558. The van der Waals surface area contributed by atoms with Crippen LogP contribution in [0.2, 0.25) is 0 Å². The second-order valence-electron chi connectivity index (χ2n) is 7.66. The minimum atomic E-state index is -0.555. The second-order valence-corrected chi connectivity index (χ2v) is 8.67. The summed E-state index contributed by atoms with van der Waals surface area (Å²) in [6, 6.07) is 19.0. The van der Waals surface area contributed by atoms with Crippen molar-refractivity contribution in [3.8, 4) is 5.75 Å². The predicted octanol–water partition coefficient (Wildman–Crippen LogP) is 4.60. The Bertz CT molecular complexity index is 1420. The van der Waals surface area contributed by atoms with Crippen molar-refractivity contribution in [3.05, 3.63) is 82.4 Å². The van der Waals surface area contributed by atoms with Crippen LogP contribution in [0, 0.1) is 17.0 Å². The van der Waals surface area contributed by atoms with Crippen LogP contribution in [-0.2, 0) is 9.59 Å². The molecule has 1 aliphatic heterocycles. The Kier molecular flexibility index (Phi) is 5.42. The number of aromatic nitrogens is 1. The van der Waals surface area contributed by atoms with Gasteiger partial charge in [0, 0.05) is 12.1 Å². The van der Waals surface area contributed by atoms with Crippen LogP contribution in [-0.4, -0.2) is 34.9 Å². The van der Waals surface area contributed by atoms with Crippen molar-refractivity contribution < 1.29 is 19.2 Å². The number of carbonyl (C=O) groups excluding carboxylic acids is 2. The molecule has 1 aliphatic rings. The Balaban J connectivity index is 1.57. The fraction of sp³-hybridized carbons (Fsp3) is 0.125. The van der Waals surface area contributed by atoms with Gasteiger partial charge in [-0.2, -0.15) is 0 Å². The average molecular weight is 474 g/mol. The summed E-state index contributed by atoms with van der Waals surface area (Å²) in [6.07, 6.45) is 0. The first-order valence-electron chi connectivity index (χ1n) is 10.4. The van der Waals surface area contributed by atoms with E-state index < -0.39 is 16.7 Å². The number of anilines is 3. The molecule has 0 fully saturated rings. The van der Waals surface area contributed by atoms with E-state index in [4.69, 9.17) is 4.74 Å². The van der Waals surface area contributed by atoms with Gasteiger partial charge in [-0.25, -0.2) is 4.98 Å². The zero-order valence-electron chi connectivity index (χ0n) is 18.0. The lowest BCUT2D eigenvalue weighted by atomic mass is 10.1. The van der Waals surface area contributed by atoms with E-state index in [-0.39, 0.29) is 24.5 Å². The molecule has 0 radical (unpaired) electrons. The summed E-state index contributed by atoms with van der Waals surface area (Å²) in [4.78, 5) is 44.6. The van der Waals surface area contributed by atoms with Gasteiger partial charge < -0.3 is 4.74 Å². The number of hydrogen-bond donors (Lipinski definition) is 0. The number of hydrogen-bond acceptors (Lipinski definition) is 7. The fourth-order valence-electron chi connectivity index (χ4n) is 3.80. The molecule has 0 unspecified atom stereocenters. The minimum Gasteiger partial charge on any atom is -0.482 e. The molecule has 10 heteroatoms. The maximum absolute atomic E-state index is 13.7. The molecular formula is C24H18N4O5S. The highest BCUT2D eigenvalue weighted by Gasteiger charge is 2.32. The Labute approximate surface area is 198 Å². The van der Waals surface area contributed by atoms with Crippen LogP contribution in [0.5, 0.6) is 5.75 Å². The predicted molar refractivity (Wildman–Crippen MR) is 129 cm³/mol. The third kappa shape index (κ3) is 3.84. The molecule has 4 aromatic rings. The van der Waals surface area contributed by atoms with Gasteiger partial charge in [-0.1, -0.05) is 41.7 Å². The molecule has 0 saturated heterocycles. The molecule has 2 heterocycles. The van der Waals surface area contributed by atoms with Crippen molar-refractivity contribution in [3.63, 3.8) is 0 Å². The normalized spacial score (nSPS) is 12.9. The Morgan fingerprint density at radius 2 is 1.94 bits per heavy atom. The first-order chi connectivity index (χ1) is 16.4. The third-order valence-electron chi connectivity index (χ3n) is 5.47. The molecule has 0 atom stereocenters. The van der Waals surface area contributed by atoms with Crippen LogP contribution < -0.4 is 14.5 Å². The monoisotopic (exact) mass is 474 g/mol. The van der Waals surface area contributed by atoms with Gasteiger partial charge in [0.2, 0.25) is 0 Å². The number of amides is 2. The molecule has 0 N–H and O–H groups in total. The molecule has 0 saturated carbocycles. The summed E-state index contributed by atoms with van der Waals surface area (Å²) in [5.41, 5.74) is 2.26. The van der Waals surface area contributed by atoms with Crippen molar-refractivity contribution in [2.45, 2.75) is 6.92 Å². The highest BCUT2D eigenvalue weighted by molar-refractivity contribution is 7.22. The zero-order valence-corrected chi connectivity index (χ0v) is 18.8. The lowest BCUT2D eigenvalue weighted by Crippen LogP contribution is -2.45. The van der Waals surface area contributed by atoms with E-state index in [0.717, 1.165) is 15.8 Å². The number of carbonyl (C=O) groups is 2. The summed E-state index contributed by atoms with van der Waals surface area (Å²) >= 11 is 1.37. The van der Waals surface area contributed by atoms with E-state index in [2.05, 4.69) is 4.98 Å². The van der Waals surface area contributed by atoms with Crippen LogP contribution in [0.3, 0.4) is 0 Å². The standard InChI is InChI=1S/C24H18N4O5S/c1-15-6-2-4-8-18(15)27(24-25-17-7-3-5-9-21(17)34-24)22(29)13-26-19-12-16(28(31)32)10-11-20(19)33-14-23(26)30/h2-12H,13-14H2,1H3. The van der Waals surface area contributed by atoms with E-state index >= 15 is 0 Å². The number of para-hydroxylation sites is 2. The van der Waals surface area contributed by atoms with Gasteiger partial charge in [0.15, 0.2) is 11.7 Å². The molecule has 170 valence electrons. The van der Waals surface area contributed by atoms with Crippen LogP contribution in [0.1, 0.15) is 5.56 Å². The number of fused-ring (bicyclic) bond motifs is 2. The third-order valence-corrected chi connectivity index (χ3v) is 6.49. The van der Waals surface area contributed by atoms with Crippen LogP contribution in [0.25, 0.3) is 10.2 Å². The number of thiazole rings is 1. The van der Waals surface area contributed by atoms with E-state index in [1.807, 2.05) is 55.5 Å². The molecule has 0 spiro atoms. The van der Waals surface area contributed by atoms with Gasteiger partial charge in [-0.3, -0.25) is 29.5 Å². The first-order valence-corrected chi connectivity index (χ1v) is 11.2. The van der Waals surface area contributed by atoms with E-state index in [9.17, 15) is 19.7 Å². The number of benzene rings is 3. The lowest BCUT2D eigenvalue weighted by Gasteiger charge is -2.30. The summed E-state index contributed by atoms with van der Waals surface area (Å²) in [7, 11) is 0. The smallest absolute Gasteiger partial charge is 0.271 e. The number of non-ortho nitro benzene ring substituents is 1. The Morgan fingerprint density at radius 1 is 1.18 bits per heavy atom. The zero-order chi connectivity index (χ0) is 23.8. The van der Waals surface area contributed by atoms with Crippen LogP contribution in [0.15, 0.2) is 66.7 Å². The fourth-order valence-corrected chi connectivity index (χ4v) is 4.79. The highest BCUT2D eigenvalue weighted by Crippen LogP contribution is 2.38. The van der Waals surface area contributed by atoms with Crippen molar-refractivity contribution in [2.24, 2.45) is 0 Å². The number of nitro benzene ring substituents is 1. The van der Waals surface area contributed by atoms with Crippen molar-refractivity contribution in [1.29, 1.82) is 0 Å². The number of rotatable bonds is 5. The largest absolute Gasteiger partial charge is 0.482 e. The molecule has 0 aliphatic carbocycles. The van der Waals surface area contributed by atoms with Gasteiger partial charge in [-0.15, -0.1) is 0 Å². The maximum Gasteiger partial charge on any atom is 0.271 e. The summed E-state index contributed by atoms with van der Waals surface area (Å²) < 4.78 is 6.35. The molecule has 9 nitrogen and oxygen atoms in total. The number of aryl methyl sites for hydroxylation is 1. The summed E-state index contributed by atoms with van der Waals surface area (Å²) in [5, 5.41) is 11.7. The number of nitrogens with zero attached hydrogens (tertiary/aromatic N) is 4. The molecule has 1 aromatic heterocycles. The lowest BCUT2D eigenvalue weighted by molar-refractivity contribution is -0.384. The molecule has 0 bridgehead atoms. The molecule has 2 amide bonds. The average Bonchev–Trinajstić information content (AvgIpc) is 3.25. The summed E-state index contributed by atoms with van der Waals surface area (Å²) in [6.45, 7) is 1.30. The Morgan fingerprint density at radius 3 is 2.71 bits per heavy atom. The topological polar surface area (TPSA) is 106 Å². The second kappa shape index (κ2) is 8.56. The molecule has 5 rings (SSSR count). The number of nitro groups is 1. The minimum absolute atomic E-state index is 0.188. The van der Waals surface area contributed by atoms with Crippen molar-refractivity contribution >= 4 is 55.6 Å². The maximum atomic E-state index is 13.7. The van der Waals surface area contributed by atoms with Gasteiger partial charge in [-0.05, 0) is 36.8 Å². The van der Waals surface area contributed by atoms with Crippen LogP contribution in [0.4, 0.5) is 22.2 Å². The van der Waals surface area contributed by atoms with E-state index in [1.54, 1.807) is 0 Å². The van der Waals surface area contributed by atoms with Crippen LogP contribution >= 0.6 is 11.3 Å². The molecule has 3 aromatic carbocycles. The Hall–Kier alpha value is -4.31. The van der Waals surface area contributed by atoms with Crippen molar-refractivity contribution in [2.75, 3.05) is 23.0 Å². The van der Waals surface area contributed by atoms with E-state index in [0.29, 0.717) is 16.6 Å². The van der Waals surface area contributed by atoms with Crippen molar-refractivity contribution in [1.82, 2.24) is 4.98 Å². The molecular weight excluding hydrogens is 456 g/mol. The highest BCUT2D eigenvalue weighted by atomic mass is 32.1. The number of ether oxygens (including phenoxy) is 1. The van der Waals surface area contributed by atoms with Gasteiger partial charge >= 0.3 is 0 Å².